The van der Waals surface area contributed by atoms with Crippen molar-refractivity contribution >= 4 is 11.8 Å². The van der Waals surface area contributed by atoms with E-state index in [-0.39, 0.29) is 17.9 Å². The third-order valence-electron chi connectivity index (χ3n) is 5.52. The molecule has 0 spiro atoms. The van der Waals surface area contributed by atoms with E-state index in [9.17, 15) is 9.59 Å². The van der Waals surface area contributed by atoms with E-state index in [0.29, 0.717) is 32.4 Å². The van der Waals surface area contributed by atoms with Crippen LogP contribution in [0.15, 0.2) is 54.6 Å². The Morgan fingerprint density at radius 2 is 1.66 bits per heavy atom. The Morgan fingerprint density at radius 1 is 1.00 bits per heavy atom. The average molecular weight is 441 g/mol. The average Bonchev–Trinajstić information content (AvgIpc) is 2.82. The van der Waals surface area contributed by atoms with Crippen molar-refractivity contribution in [2.45, 2.75) is 58.5 Å². The second-order valence-corrected chi connectivity index (χ2v) is 7.94. The number of nitrogens with zero attached hydrogens (tertiary/aromatic N) is 1. The summed E-state index contributed by atoms with van der Waals surface area (Å²) in [6.45, 7) is 6.72. The molecule has 32 heavy (non-hydrogen) atoms. The van der Waals surface area contributed by atoms with Crippen molar-refractivity contribution < 1.29 is 19.1 Å². The van der Waals surface area contributed by atoms with E-state index in [2.05, 4.69) is 5.32 Å². The number of nitrogens with one attached hydrogen (secondary N) is 1. The Morgan fingerprint density at radius 3 is 2.28 bits per heavy atom. The summed E-state index contributed by atoms with van der Waals surface area (Å²) in [5, 5.41) is 2.99. The number of carbonyl (C=O) groups is 2. The van der Waals surface area contributed by atoms with Crippen molar-refractivity contribution in [1.82, 2.24) is 10.2 Å². The van der Waals surface area contributed by atoms with Crippen LogP contribution in [0.5, 0.6) is 11.5 Å². The van der Waals surface area contributed by atoms with Gasteiger partial charge in [-0.15, -0.1) is 0 Å². The Hall–Kier alpha value is -3.02. The molecule has 0 aliphatic rings. The van der Waals surface area contributed by atoms with Gasteiger partial charge < -0.3 is 19.7 Å². The van der Waals surface area contributed by atoms with Crippen LogP contribution in [0.25, 0.3) is 0 Å². The number of carbonyl (C=O) groups excluding carboxylic acids is 2. The standard InChI is InChI=1S/C26H36N2O4/c1-5-20(2)27-26(30)21(3)28(18-17-22-10-7-6-8-11-22)25(29)12-9-19-32-24-15-13-23(31-4)14-16-24/h6-8,10-11,13-16,20-21H,5,9,12,17-19H2,1-4H3,(H,27,30). The highest BCUT2D eigenvalue weighted by Crippen LogP contribution is 2.17. The lowest BCUT2D eigenvalue weighted by atomic mass is 10.1. The molecule has 0 radical (unpaired) electrons. The second-order valence-electron chi connectivity index (χ2n) is 7.94. The first-order chi connectivity index (χ1) is 15.4. The summed E-state index contributed by atoms with van der Waals surface area (Å²) in [6, 6.07) is 16.9. The zero-order valence-corrected chi connectivity index (χ0v) is 19.7. The largest absolute Gasteiger partial charge is 0.497 e. The summed E-state index contributed by atoms with van der Waals surface area (Å²) in [5.41, 5.74) is 1.14. The molecule has 6 nitrogen and oxygen atoms in total. The summed E-state index contributed by atoms with van der Waals surface area (Å²) >= 11 is 0. The SMILES string of the molecule is CCC(C)NC(=O)C(C)N(CCc1ccccc1)C(=O)CCCOc1ccc(OC)cc1. The van der Waals surface area contributed by atoms with E-state index in [1.807, 2.05) is 68.4 Å². The van der Waals surface area contributed by atoms with Crippen molar-refractivity contribution in [3.63, 3.8) is 0 Å². The Balaban J connectivity index is 1.92. The first kappa shape index (κ1) is 25.2. The van der Waals surface area contributed by atoms with Crippen LogP contribution in [0, 0.1) is 0 Å². The van der Waals surface area contributed by atoms with Crippen LogP contribution in [-0.4, -0.2) is 49.1 Å². The maximum atomic E-state index is 13.0. The fraction of sp³-hybridized carbons (Fsp3) is 0.462. The molecule has 2 amide bonds. The molecule has 1 N–H and O–H groups in total. The van der Waals surface area contributed by atoms with E-state index < -0.39 is 6.04 Å². The first-order valence-electron chi connectivity index (χ1n) is 11.3. The van der Waals surface area contributed by atoms with Crippen LogP contribution in [0.2, 0.25) is 0 Å². The van der Waals surface area contributed by atoms with Gasteiger partial charge in [-0.3, -0.25) is 9.59 Å². The van der Waals surface area contributed by atoms with Crippen molar-refractivity contribution in [1.29, 1.82) is 0 Å². The fourth-order valence-corrected chi connectivity index (χ4v) is 3.26. The molecule has 0 heterocycles. The van der Waals surface area contributed by atoms with Crippen molar-refractivity contribution in [3.8, 4) is 11.5 Å². The zero-order valence-electron chi connectivity index (χ0n) is 19.7. The summed E-state index contributed by atoms with van der Waals surface area (Å²) < 4.78 is 10.9. The quantitative estimate of drug-likeness (QED) is 0.474. The lowest BCUT2D eigenvalue weighted by Gasteiger charge is -2.29. The third-order valence-corrected chi connectivity index (χ3v) is 5.52. The number of hydrogen-bond donors (Lipinski definition) is 1. The second kappa shape index (κ2) is 13.4. The molecular formula is C26H36N2O4. The molecule has 0 bridgehead atoms. The van der Waals surface area contributed by atoms with Crippen LogP contribution in [0.3, 0.4) is 0 Å². The van der Waals surface area contributed by atoms with E-state index in [0.717, 1.165) is 23.5 Å². The van der Waals surface area contributed by atoms with Crippen molar-refractivity contribution in [3.05, 3.63) is 60.2 Å². The van der Waals surface area contributed by atoms with E-state index in [1.165, 1.54) is 0 Å². The lowest BCUT2D eigenvalue weighted by Crippen LogP contribution is -2.50. The normalized spacial score (nSPS) is 12.5. The minimum atomic E-state index is -0.525. The first-order valence-corrected chi connectivity index (χ1v) is 11.3. The highest BCUT2D eigenvalue weighted by Gasteiger charge is 2.26. The van der Waals surface area contributed by atoms with Crippen LogP contribution >= 0.6 is 0 Å². The van der Waals surface area contributed by atoms with Crippen molar-refractivity contribution in [2.24, 2.45) is 0 Å². The zero-order chi connectivity index (χ0) is 23.3. The monoisotopic (exact) mass is 440 g/mol. The number of hydrogen-bond acceptors (Lipinski definition) is 4. The summed E-state index contributed by atoms with van der Waals surface area (Å²) in [5.74, 6) is 1.35. The summed E-state index contributed by atoms with van der Waals surface area (Å²) in [6.07, 6.45) is 2.45. The predicted molar refractivity (Wildman–Crippen MR) is 127 cm³/mol. The van der Waals surface area contributed by atoms with E-state index >= 15 is 0 Å². The minimum Gasteiger partial charge on any atom is -0.497 e. The maximum absolute atomic E-state index is 13.0. The van der Waals surface area contributed by atoms with Gasteiger partial charge in [-0.1, -0.05) is 37.3 Å². The molecule has 2 aromatic rings. The summed E-state index contributed by atoms with van der Waals surface area (Å²) in [4.78, 5) is 27.4. The highest BCUT2D eigenvalue weighted by atomic mass is 16.5. The number of ether oxygens (including phenoxy) is 2. The van der Waals surface area contributed by atoms with Crippen molar-refractivity contribution in [2.75, 3.05) is 20.3 Å². The molecule has 2 atom stereocenters. The van der Waals surface area contributed by atoms with Crippen LogP contribution in [0.1, 0.15) is 45.6 Å². The van der Waals surface area contributed by atoms with Gasteiger partial charge in [0.25, 0.3) is 0 Å². The molecule has 0 saturated heterocycles. The van der Waals surface area contributed by atoms with E-state index in [1.54, 1.807) is 18.9 Å². The topological polar surface area (TPSA) is 67.9 Å². The van der Waals surface area contributed by atoms with Gasteiger partial charge in [-0.25, -0.2) is 0 Å². The van der Waals surface area contributed by atoms with Gasteiger partial charge >= 0.3 is 0 Å². The number of methoxy groups -OCH3 is 1. The molecule has 2 unspecified atom stereocenters. The highest BCUT2D eigenvalue weighted by molar-refractivity contribution is 5.87. The van der Waals surface area contributed by atoms with Gasteiger partial charge in [-0.05, 0) is 62.9 Å². The van der Waals surface area contributed by atoms with Gasteiger partial charge in [0.05, 0.1) is 13.7 Å². The van der Waals surface area contributed by atoms with Crippen LogP contribution in [-0.2, 0) is 16.0 Å². The number of rotatable bonds is 13. The number of amides is 2. The molecule has 2 aromatic carbocycles. The molecule has 0 aliphatic carbocycles. The van der Waals surface area contributed by atoms with Crippen LogP contribution < -0.4 is 14.8 Å². The lowest BCUT2D eigenvalue weighted by molar-refractivity contribution is -0.140. The molecule has 0 aliphatic heterocycles. The molecule has 0 aromatic heterocycles. The molecule has 2 rings (SSSR count). The Kier molecular flexibility index (Phi) is 10.6. The van der Waals surface area contributed by atoms with Gasteiger partial charge in [0.1, 0.15) is 17.5 Å². The molecule has 6 heteroatoms. The van der Waals surface area contributed by atoms with Gasteiger partial charge in [-0.2, -0.15) is 0 Å². The maximum Gasteiger partial charge on any atom is 0.242 e. The molecular weight excluding hydrogens is 404 g/mol. The third kappa shape index (κ3) is 8.25. The predicted octanol–water partition coefficient (Wildman–Crippen LogP) is 4.23. The Labute approximate surface area is 191 Å². The Bertz CT molecular complexity index is 823. The van der Waals surface area contributed by atoms with Gasteiger partial charge in [0, 0.05) is 19.0 Å². The van der Waals surface area contributed by atoms with Crippen LogP contribution in [0.4, 0.5) is 0 Å². The molecule has 0 saturated carbocycles. The fourth-order valence-electron chi connectivity index (χ4n) is 3.26. The molecule has 174 valence electrons. The number of benzene rings is 2. The van der Waals surface area contributed by atoms with Gasteiger partial charge in [0.15, 0.2) is 0 Å². The minimum absolute atomic E-state index is 0.0361. The van der Waals surface area contributed by atoms with E-state index in [4.69, 9.17) is 9.47 Å². The summed E-state index contributed by atoms with van der Waals surface area (Å²) in [7, 11) is 1.62. The smallest absolute Gasteiger partial charge is 0.242 e. The molecule has 0 fully saturated rings. The van der Waals surface area contributed by atoms with Gasteiger partial charge in [0.2, 0.25) is 11.8 Å².